The zero-order valence-electron chi connectivity index (χ0n) is 15.6. The van der Waals surface area contributed by atoms with Crippen molar-refractivity contribution in [2.75, 3.05) is 20.6 Å². The van der Waals surface area contributed by atoms with Gasteiger partial charge in [0.2, 0.25) is 10.0 Å². The zero-order chi connectivity index (χ0) is 19.2. The predicted octanol–water partition coefficient (Wildman–Crippen LogP) is 2.56. The Bertz CT molecular complexity index is 858. The molecule has 26 heavy (non-hydrogen) atoms. The van der Waals surface area contributed by atoms with Gasteiger partial charge < -0.3 is 10.6 Å². The van der Waals surface area contributed by atoms with Crippen molar-refractivity contribution in [1.82, 2.24) is 14.9 Å². The van der Waals surface area contributed by atoms with Gasteiger partial charge in [0.05, 0.1) is 18.0 Å². The SMILES string of the molecule is CCNC(=NCc1ccccc1S(=O)(=O)N(C)C)NCc1ccc(C)s1. The van der Waals surface area contributed by atoms with E-state index < -0.39 is 10.0 Å². The maximum Gasteiger partial charge on any atom is 0.242 e. The van der Waals surface area contributed by atoms with E-state index in [1.54, 1.807) is 29.5 Å². The van der Waals surface area contributed by atoms with Crippen molar-refractivity contribution in [3.05, 3.63) is 51.7 Å². The standard InChI is InChI=1S/C18H26N4O2S2/c1-5-19-18(21-13-16-11-10-14(2)25-16)20-12-15-8-6-7-9-17(15)26(23,24)22(3)4/h6-11H,5,12-13H2,1-4H3,(H2,19,20,21). The summed E-state index contributed by atoms with van der Waals surface area (Å²) in [7, 11) is -0.432. The molecule has 142 valence electrons. The number of aryl methyl sites for hydroxylation is 1. The number of aliphatic imine (C=N–C) groups is 1. The molecule has 1 aromatic carbocycles. The molecule has 8 heteroatoms. The molecule has 0 saturated carbocycles. The van der Waals surface area contributed by atoms with Crippen LogP contribution in [0.4, 0.5) is 0 Å². The number of sulfonamides is 1. The molecule has 0 aliphatic rings. The highest BCUT2D eigenvalue weighted by Crippen LogP contribution is 2.19. The zero-order valence-corrected chi connectivity index (χ0v) is 17.2. The van der Waals surface area contributed by atoms with Crippen LogP contribution >= 0.6 is 11.3 Å². The summed E-state index contributed by atoms with van der Waals surface area (Å²) in [5, 5.41) is 6.49. The third-order valence-electron chi connectivity index (χ3n) is 3.71. The second kappa shape index (κ2) is 9.16. The van der Waals surface area contributed by atoms with E-state index in [0.29, 0.717) is 23.0 Å². The minimum atomic E-state index is -3.50. The molecule has 2 aromatic rings. The molecule has 0 bridgehead atoms. The summed E-state index contributed by atoms with van der Waals surface area (Å²) >= 11 is 1.74. The lowest BCUT2D eigenvalue weighted by Crippen LogP contribution is -2.36. The quantitative estimate of drug-likeness (QED) is 0.559. The van der Waals surface area contributed by atoms with E-state index in [0.717, 1.165) is 6.54 Å². The van der Waals surface area contributed by atoms with Gasteiger partial charge in [-0.3, -0.25) is 0 Å². The van der Waals surface area contributed by atoms with Crippen molar-refractivity contribution in [2.45, 2.75) is 31.8 Å². The Kier molecular flexibility index (Phi) is 7.19. The first-order chi connectivity index (χ1) is 12.3. The van der Waals surface area contributed by atoms with Crippen LogP contribution in [-0.2, 0) is 23.1 Å². The minimum Gasteiger partial charge on any atom is -0.357 e. The average Bonchev–Trinajstić information content (AvgIpc) is 3.03. The fourth-order valence-electron chi connectivity index (χ4n) is 2.34. The lowest BCUT2D eigenvalue weighted by Gasteiger charge is -2.15. The van der Waals surface area contributed by atoms with Gasteiger partial charge in [-0.25, -0.2) is 17.7 Å². The van der Waals surface area contributed by atoms with E-state index in [4.69, 9.17) is 0 Å². The van der Waals surface area contributed by atoms with E-state index >= 15 is 0 Å². The van der Waals surface area contributed by atoms with Crippen LogP contribution in [0.2, 0.25) is 0 Å². The maximum atomic E-state index is 12.5. The van der Waals surface area contributed by atoms with Gasteiger partial charge in [0, 0.05) is 30.4 Å². The van der Waals surface area contributed by atoms with Crippen molar-refractivity contribution in [3.63, 3.8) is 0 Å². The largest absolute Gasteiger partial charge is 0.357 e. The van der Waals surface area contributed by atoms with Crippen LogP contribution in [0.5, 0.6) is 0 Å². The second-order valence-corrected chi connectivity index (χ2v) is 9.45. The highest BCUT2D eigenvalue weighted by molar-refractivity contribution is 7.89. The molecule has 1 aromatic heterocycles. The monoisotopic (exact) mass is 394 g/mol. The van der Waals surface area contributed by atoms with E-state index in [1.165, 1.54) is 28.2 Å². The molecule has 2 rings (SSSR count). The van der Waals surface area contributed by atoms with Crippen LogP contribution in [0.15, 0.2) is 46.3 Å². The summed E-state index contributed by atoms with van der Waals surface area (Å²) < 4.78 is 26.2. The summed E-state index contributed by atoms with van der Waals surface area (Å²) in [4.78, 5) is 7.34. The number of nitrogens with one attached hydrogen (secondary N) is 2. The van der Waals surface area contributed by atoms with Gasteiger partial charge in [-0.2, -0.15) is 0 Å². The summed E-state index contributed by atoms with van der Waals surface area (Å²) in [6.07, 6.45) is 0. The van der Waals surface area contributed by atoms with Crippen molar-refractivity contribution in [3.8, 4) is 0 Å². The van der Waals surface area contributed by atoms with E-state index in [1.807, 2.05) is 13.0 Å². The van der Waals surface area contributed by atoms with Crippen LogP contribution in [0.25, 0.3) is 0 Å². The highest BCUT2D eigenvalue weighted by atomic mass is 32.2. The molecule has 0 radical (unpaired) electrons. The molecular formula is C18H26N4O2S2. The Balaban J connectivity index is 2.17. The second-order valence-electron chi connectivity index (χ2n) is 5.96. The summed E-state index contributed by atoms with van der Waals surface area (Å²) in [5.41, 5.74) is 0.672. The van der Waals surface area contributed by atoms with E-state index in [9.17, 15) is 8.42 Å². The molecule has 0 aliphatic carbocycles. The summed E-state index contributed by atoms with van der Waals surface area (Å²) in [6, 6.07) is 11.2. The van der Waals surface area contributed by atoms with Crippen LogP contribution in [-0.4, -0.2) is 39.3 Å². The van der Waals surface area contributed by atoms with E-state index in [2.05, 4.69) is 34.7 Å². The smallest absolute Gasteiger partial charge is 0.242 e. The summed E-state index contributed by atoms with van der Waals surface area (Å²) in [5.74, 6) is 0.663. The molecule has 2 N–H and O–H groups in total. The van der Waals surface area contributed by atoms with Gasteiger partial charge in [-0.1, -0.05) is 18.2 Å². The molecule has 0 aliphatic heterocycles. The van der Waals surface area contributed by atoms with Crippen molar-refractivity contribution in [1.29, 1.82) is 0 Å². The fourth-order valence-corrected chi connectivity index (χ4v) is 4.28. The number of benzene rings is 1. The normalized spacial score (nSPS) is 12.4. The van der Waals surface area contributed by atoms with Gasteiger partial charge in [0.1, 0.15) is 0 Å². The van der Waals surface area contributed by atoms with Crippen molar-refractivity contribution in [2.24, 2.45) is 4.99 Å². The van der Waals surface area contributed by atoms with Gasteiger partial charge >= 0.3 is 0 Å². The number of rotatable bonds is 7. The summed E-state index contributed by atoms with van der Waals surface area (Å²) in [6.45, 7) is 5.77. The van der Waals surface area contributed by atoms with Crippen molar-refractivity contribution >= 4 is 27.3 Å². The Morgan fingerprint density at radius 1 is 1.15 bits per heavy atom. The third kappa shape index (κ3) is 5.30. The molecule has 0 fully saturated rings. The number of thiophene rings is 1. The number of nitrogens with zero attached hydrogens (tertiary/aromatic N) is 2. The Labute approximate surface area is 160 Å². The lowest BCUT2D eigenvalue weighted by atomic mass is 10.2. The lowest BCUT2D eigenvalue weighted by molar-refractivity contribution is 0.519. The first kappa shape index (κ1) is 20.4. The molecule has 0 amide bonds. The minimum absolute atomic E-state index is 0.280. The molecular weight excluding hydrogens is 368 g/mol. The van der Waals surface area contributed by atoms with Crippen LogP contribution < -0.4 is 10.6 Å². The molecule has 0 spiro atoms. The molecule has 0 unspecified atom stereocenters. The third-order valence-corrected chi connectivity index (χ3v) is 6.63. The average molecular weight is 395 g/mol. The van der Waals surface area contributed by atoms with E-state index in [-0.39, 0.29) is 6.54 Å². The number of hydrogen-bond donors (Lipinski definition) is 2. The Morgan fingerprint density at radius 2 is 1.88 bits per heavy atom. The van der Waals surface area contributed by atoms with Gasteiger partial charge in [-0.05, 0) is 37.6 Å². The molecule has 1 heterocycles. The van der Waals surface area contributed by atoms with Crippen LogP contribution in [0, 0.1) is 6.92 Å². The van der Waals surface area contributed by atoms with Crippen LogP contribution in [0.1, 0.15) is 22.2 Å². The molecule has 6 nitrogen and oxygen atoms in total. The van der Waals surface area contributed by atoms with Crippen molar-refractivity contribution < 1.29 is 8.42 Å². The first-order valence-corrected chi connectivity index (χ1v) is 10.7. The maximum absolute atomic E-state index is 12.5. The highest BCUT2D eigenvalue weighted by Gasteiger charge is 2.20. The molecule has 0 atom stereocenters. The topological polar surface area (TPSA) is 73.8 Å². The predicted molar refractivity (Wildman–Crippen MR) is 108 cm³/mol. The Hall–Kier alpha value is -1.90. The van der Waals surface area contributed by atoms with Crippen LogP contribution in [0.3, 0.4) is 0 Å². The Morgan fingerprint density at radius 3 is 2.50 bits per heavy atom. The molecule has 0 saturated heterocycles. The van der Waals surface area contributed by atoms with Gasteiger partial charge in [-0.15, -0.1) is 11.3 Å². The van der Waals surface area contributed by atoms with Gasteiger partial charge in [0.25, 0.3) is 0 Å². The van der Waals surface area contributed by atoms with Gasteiger partial charge in [0.15, 0.2) is 5.96 Å². The number of hydrogen-bond acceptors (Lipinski definition) is 4. The first-order valence-electron chi connectivity index (χ1n) is 8.42. The fraction of sp³-hybridized carbons (Fsp3) is 0.389. The number of guanidine groups is 1.